The molecular formula is C11H16N4. The summed E-state index contributed by atoms with van der Waals surface area (Å²) < 4.78 is 2.11. The maximum absolute atomic E-state index is 9.22. The van der Waals surface area contributed by atoms with Crippen molar-refractivity contribution in [2.75, 3.05) is 7.05 Å². The van der Waals surface area contributed by atoms with Crippen LogP contribution in [0.1, 0.15) is 31.7 Å². The number of aromatic nitrogens is 2. The molecule has 0 bridgehead atoms. The average Bonchev–Trinajstić information content (AvgIpc) is 2.82. The third-order valence-corrected chi connectivity index (χ3v) is 3.36. The quantitative estimate of drug-likeness (QED) is 0.794. The molecule has 80 valence electrons. The first-order valence-electron chi connectivity index (χ1n) is 5.37. The van der Waals surface area contributed by atoms with Gasteiger partial charge in [-0.3, -0.25) is 0 Å². The molecule has 0 aromatic carbocycles. The highest BCUT2D eigenvalue weighted by molar-refractivity contribution is 5.10. The summed E-state index contributed by atoms with van der Waals surface area (Å²) in [5.74, 6) is 0. The molecule has 2 atom stereocenters. The first-order chi connectivity index (χ1) is 7.29. The van der Waals surface area contributed by atoms with Crippen LogP contribution in [-0.4, -0.2) is 22.1 Å². The summed E-state index contributed by atoms with van der Waals surface area (Å²) in [6, 6.07) is 2.82. The van der Waals surface area contributed by atoms with Gasteiger partial charge >= 0.3 is 0 Å². The number of nitriles is 1. The van der Waals surface area contributed by atoms with Crippen molar-refractivity contribution in [3.05, 3.63) is 18.7 Å². The van der Waals surface area contributed by atoms with Gasteiger partial charge in [0.2, 0.25) is 0 Å². The maximum atomic E-state index is 9.22. The van der Waals surface area contributed by atoms with Gasteiger partial charge in [0, 0.05) is 18.4 Å². The molecule has 15 heavy (non-hydrogen) atoms. The zero-order valence-electron chi connectivity index (χ0n) is 8.98. The minimum Gasteiger partial charge on any atom is -0.334 e. The molecule has 4 heteroatoms. The molecule has 0 saturated heterocycles. The molecule has 0 radical (unpaired) electrons. The van der Waals surface area contributed by atoms with Gasteiger partial charge in [-0.2, -0.15) is 5.26 Å². The van der Waals surface area contributed by atoms with Crippen molar-refractivity contribution in [2.45, 2.75) is 37.3 Å². The lowest BCUT2D eigenvalue weighted by Crippen LogP contribution is -2.45. The summed E-state index contributed by atoms with van der Waals surface area (Å²) in [7, 11) is 1.87. The van der Waals surface area contributed by atoms with Gasteiger partial charge in [-0.25, -0.2) is 4.98 Å². The SMILES string of the molecule is CNC1(C#N)CCCC(n2ccnc2)C1. The smallest absolute Gasteiger partial charge is 0.108 e. The third kappa shape index (κ3) is 1.88. The van der Waals surface area contributed by atoms with E-state index in [1.54, 1.807) is 6.20 Å². The topological polar surface area (TPSA) is 53.6 Å². The number of imidazole rings is 1. The molecule has 0 amide bonds. The lowest BCUT2D eigenvalue weighted by atomic mass is 9.80. The second-order valence-electron chi connectivity index (χ2n) is 4.20. The van der Waals surface area contributed by atoms with Gasteiger partial charge in [0.25, 0.3) is 0 Å². The highest BCUT2D eigenvalue weighted by atomic mass is 15.1. The molecular weight excluding hydrogens is 188 g/mol. The second-order valence-corrected chi connectivity index (χ2v) is 4.20. The van der Waals surface area contributed by atoms with Crippen LogP contribution in [-0.2, 0) is 0 Å². The number of rotatable bonds is 2. The zero-order valence-corrected chi connectivity index (χ0v) is 8.98. The van der Waals surface area contributed by atoms with Crippen LogP contribution in [0.3, 0.4) is 0 Å². The molecule has 1 saturated carbocycles. The van der Waals surface area contributed by atoms with Gasteiger partial charge in [-0.1, -0.05) is 0 Å². The summed E-state index contributed by atoms with van der Waals surface area (Å²) in [4.78, 5) is 4.06. The molecule has 4 nitrogen and oxygen atoms in total. The van der Waals surface area contributed by atoms with E-state index in [0.29, 0.717) is 6.04 Å². The van der Waals surface area contributed by atoms with Crippen LogP contribution in [0, 0.1) is 11.3 Å². The monoisotopic (exact) mass is 204 g/mol. The minimum absolute atomic E-state index is 0.340. The van der Waals surface area contributed by atoms with Crippen LogP contribution in [0.2, 0.25) is 0 Å². The molecule has 1 N–H and O–H groups in total. The first-order valence-corrected chi connectivity index (χ1v) is 5.37. The van der Waals surface area contributed by atoms with Crippen molar-refractivity contribution in [2.24, 2.45) is 0 Å². The third-order valence-electron chi connectivity index (χ3n) is 3.36. The summed E-state index contributed by atoms with van der Waals surface area (Å²) >= 11 is 0. The number of nitrogens with one attached hydrogen (secondary N) is 1. The molecule has 0 spiro atoms. The van der Waals surface area contributed by atoms with Crippen LogP contribution >= 0.6 is 0 Å². The number of nitrogens with zero attached hydrogens (tertiary/aromatic N) is 3. The van der Waals surface area contributed by atoms with E-state index in [1.807, 2.05) is 19.6 Å². The second kappa shape index (κ2) is 4.03. The highest BCUT2D eigenvalue weighted by Gasteiger charge is 2.35. The lowest BCUT2D eigenvalue weighted by molar-refractivity contribution is 0.241. The van der Waals surface area contributed by atoms with Crippen molar-refractivity contribution in [3.8, 4) is 6.07 Å². The summed E-state index contributed by atoms with van der Waals surface area (Å²) in [5, 5.41) is 12.4. The van der Waals surface area contributed by atoms with E-state index in [-0.39, 0.29) is 5.54 Å². The Morgan fingerprint density at radius 2 is 2.53 bits per heavy atom. The average molecular weight is 204 g/mol. The van der Waals surface area contributed by atoms with Gasteiger partial charge in [-0.15, -0.1) is 0 Å². The Kier molecular flexibility index (Phi) is 2.74. The van der Waals surface area contributed by atoms with Gasteiger partial charge in [0.05, 0.1) is 12.4 Å². The van der Waals surface area contributed by atoms with E-state index in [9.17, 15) is 5.26 Å². The zero-order chi connectivity index (χ0) is 10.7. The van der Waals surface area contributed by atoms with E-state index in [1.165, 1.54) is 0 Å². The fourth-order valence-electron chi connectivity index (χ4n) is 2.37. The Morgan fingerprint density at radius 1 is 1.67 bits per heavy atom. The highest BCUT2D eigenvalue weighted by Crippen LogP contribution is 2.34. The normalized spacial score (nSPS) is 31.1. The van der Waals surface area contributed by atoms with Crippen LogP contribution in [0.15, 0.2) is 18.7 Å². The summed E-state index contributed by atoms with van der Waals surface area (Å²) in [6.07, 6.45) is 9.67. The Morgan fingerprint density at radius 3 is 3.13 bits per heavy atom. The Bertz CT molecular complexity index is 351. The van der Waals surface area contributed by atoms with Gasteiger partial charge in [0.15, 0.2) is 0 Å². The minimum atomic E-state index is -0.340. The Balaban J connectivity index is 2.14. The Hall–Kier alpha value is -1.34. The Labute approximate surface area is 89.9 Å². The fourth-order valence-corrected chi connectivity index (χ4v) is 2.37. The largest absolute Gasteiger partial charge is 0.334 e. The van der Waals surface area contributed by atoms with E-state index < -0.39 is 0 Å². The van der Waals surface area contributed by atoms with Crippen LogP contribution in [0.4, 0.5) is 0 Å². The molecule has 2 unspecified atom stereocenters. The van der Waals surface area contributed by atoms with Crippen LogP contribution in [0.25, 0.3) is 0 Å². The van der Waals surface area contributed by atoms with Gasteiger partial charge in [-0.05, 0) is 32.7 Å². The maximum Gasteiger partial charge on any atom is 0.108 e. The van der Waals surface area contributed by atoms with Gasteiger partial charge < -0.3 is 9.88 Å². The predicted molar refractivity (Wildman–Crippen MR) is 57.1 cm³/mol. The van der Waals surface area contributed by atoms with Crippen molar-refractivity contribution < 1.29 is 0 Å². The van der Waals surface area contributed by atoms with Crippen molar-refractivity contribution in [3.63, 3.8) is 0 Å². The predicted octanol–water partition coefficient (Wildman–Crippen LogP) is 1.48. The van der Waals surface area contributed by atoms with Gasteiger partial charge in [0.1, 0.15) is 5.54 Å². The van der Waals surface area contributed by atoms with Crippen molar-refractivity contribution in [1.29, 1.82) is 5.26 Å². The van der Waals surface area contributed by atoms with Crippen LogP contribution in [0.5, 0.6) is 0 Å². The molecule has 1 aromatic rings. The summed E-state index contributed by atoms with van der Waals surface area (Å²) in [5.41, 5.74) is -0.340. The number of hydrogen-bond donors (Lipinski definition) is 1. The molecule has 1 aliphatic carbocycles. The van der Waals surface area contributed by atoms with E-state index in [2.05, 4.69) is 20.9 Å². The molecule has 1 aromatic heterocycles. The molecule has 1 fully saturated rings. The first kappa shape index (κ1) is 10.2. The number of hydrogen-bond acceptors (Lipinski definition) is 3. The standard InChI is InChI=1S/C11H16N4/c1-13-11(8-12)4-2-3-10(7-11)15-6-5-14-9-15/h5-6,9-10,13H,2-4,7H2,1H3. The van der Waals surface area contributed by atoms with E-state index in [4.69, 9.17) is 0 Å². The van der Waals surface area contributed by atoms with Crippen molar-refractivity contribution >= 4 is 0 Å². The molecule has 1 aliphatic rings. The molecule has 0 aliphatic heterocycles. The molecule has 1 heterocycles. The summed E-state index contributed by atoms with van der Waals surface area (Å²) in [6.45, 7) is 0. The lowest BCUT2D eigenvalue weighted by Gasteiger charge is -2.35. The van der Waals surface area contributed by atoms with Crippen molar-refractivity contribution in [1.82, 2.24) is 14.9 Å². The fraction of sp³-hybridized carbons (Fsp3) is 0.636. The van der Waals surface area contributed by atoms with Crippen LogP contribution < -0.4 is 5.32 Å². The molecule has 2 rings (SSSR count). The van der Waals surface area contributed by atoms with E-state index in [0.717, 1.165) is 25.7 Å². The van der Waals surface area contributed by atoms with E-state index >= 15 is 0 Å².